The Bertz CT molecular complexity index is 979. The summed E-state index contributed by atoms with van der Waals surface area (Å²) in [4.78, 5) is 12.9. The van der Waals surface area contributed by atoms with Crippen LogP contribution in [0.4, 0.5) is 32.0 Å². The standard InChI is InChI=1S/C20H17Cl2F6NO3/c1-32-17-7-10(4-5-12(17)19(23,24)25)11(3-2-6-30)18(31)29-16-9-15(22)14(21)8-13(16)20(26,27)28/h4-5,7-9,11,30H,2-3,6H2,1H3,(H,29,31). The highest BCUT2D eigenvalue weighted by Gasteiger charge is 2.37. The molecule has 0 bridgehead atoms. The van der Waals surface area contributed by atoms with Crippen molar-refractivity contribution in [3.8, 4) is 5.75 Å². The molecule has 4 nitrogen and oxygen atoms in total. The van der Waals surface area contributed by atoms with Crippen LogP contribution >= 0.6 is 23.2 Å². The zero-order valence-electron chi connectivity index (χ0n) is 16.4. The number of carbonyl (C=O) groups excluding carboxylic acids is 1. The van der Waals surface area contributed by atoms with Crippen molar-refractivity contribution >= 4 is 34.8 Å². The van der Waals surface area contributed by atoms with Crippen molar-refractivity contribution in [2.45, 2.75) is 31.1 Å². The van der Waals surface area contributed by atoms with Gasteiger partial charge in [0.25, 0.3) is 0 Å². The maximum atomic E-state index is 13.4. The van der Waals surface area contributed by atoms with Gasteiger partial charge < -0.3 is 15.2 Å². The van der Waals surface area contributed by atoms with Crippen molar-refractivity contribution in [1.29, 1.82) is 0 Å². The Morgan fingerprint density at radius 2 is 1.62 bits per heavy atom. The van der Waals surface area contributed by atoms with Gasteiger partial charge in [-0.15, -0.1) is 0 Å². The van der Waals surface area contributed by atoms with E-state index in [-0.39, 0.29) is 35.1 Å². The molecule has 0 saturated carbocycles. The number of amides is 1. The number of rotatable bonds is 7. The molecule has 1 atom stereocenters. The number of nitrogens with one attached hydrogen (secondary N) is 1. The summed E-state index contributed by atoms with van der Waals surface area (Å²) < 4.78 is 84.3. The number of aliphatic hydroxyl groups is 1. The van der Waals surface area contributed by atoms with E-state index in [0.717, 1.165) is 25.3 Å². The van der Waals surface area contributed by atoms with Crippen molar-refractivity contribution < 1.29 is 41.0 Å². The van der Waals surface area contributed by atoms with Crippen LogP contribution in [-0.4, -0.2) is 24.7 Å². The number of benzene rings is 2. The molecule has 176 valence electrons. The van der Waals surface area contributed by atoms with Crippen LogP contribution in [0.2, 0.25) is 10.0 Å². The lowest BCUT2D eigenvalue weighted by Crippen LogP contribution is -2.24. The highest BCUT2D eigenvalue weighted by atomic mass is 35.5. The number of anilines is 1. The normalized spacial score (nSPS) is 13.1. The van der Waals surface area contributed by atoms with Crippen molar-refractivity contribution in [2.75, 3.05) is 19.0 Å². The Hall–Kier alpha value is -2.17. The second kappa shape index (κ2) is 10.2. The molecule has 1 unspecified atom stereocenters. The molecule has 2 aromatic rings. The van der Waals surface area contributed by atoms with Crippen LogP contribution in [0.25, 0.3) is 0 Å². The van der Waals surface area contributed by atoms with Crippen LogP contribution in [0.5, 0.6) is 5.75 Å². The van der Waals surface area contributed by atoms with E-state index in [1.54, 1.807) is 0 Å². The summed E-state index contributed by atoms with van der Waals surface area (Å²) in [5.41, 5.74) is -2.92. The summed E-state index contributed by atoms with van der Waals surface area (Å²) in [6, 6.07) is 4.13. The van der Waals surface area contributed by atoms with Crippen LogP contribution in [0.3, 0.4) is 0 Å². The molecule has 12 heteroatoms. The van der Waals surface area contributed by atoms with E-state index < -0.39 is 46.7 Å². The molecule has 0 saturated heterocycles. The Morgan fingerprint density at radius 3 is 2.16 bits per heavy atom. The number of halogens is 8. The molecule has 0 heterocycles. The fourth-order valence-electron chi connectivity index (χ4n) is 3.01. The highest BCUT2D eigenvalue weighted by Crippen LogP contribution is 2.41. The molecule has 2 aromatic carbocycles. The lowest BCUT2D eigenvalue weighted by molar-refractivity contribution is -0.139. The Kier molecular flexibility index (Phi) is 8.30. The maximum Gasteiger partial charge on any atom is 0.419 e. The number of methoxy groups -OCH3 is 1. The second-order valence-corrected chi connectivity index (χ2v) is 7.49. The van der Waals surface area contributed by atoms with E-state index in [1.807, 2.05) is 0 Å². The monoisotopic (exact) mass is 503 g/mol. The second-order valence-electron chi connectivity index (χ2n) is 6.67. The largest absolute Gasteiger partial charge is 0.496 e. The van der Waals surface area contributed by atoms with E-state index >= 15 is 0 Å². The van der Waals surface area contributed by atoms with Crippen molar-refractivity contribution in [2.24, 2.45) is 0 Å². The van der Waals surface area contributed by atoms with Crippen molar-refractivity contribution in [1.82, 2.24) is 0 Å². The zero-order valence-corrected chi connectivity index (χ0v) is 17.9. The smallest absolute Gasteiger partial charge is 0.419 e. The number of ether oxygens (including phenoxy) is 1. The van der Waals surface area contributed by atoms with Gasteiger partial charge in [0, 0.05) is 6.61 Å². The van der Waals surface area contributed by atoms with Gasteiger partial charge in [-0.2, -0.15) is 26.3 Å². The van der Waals surface area contributed by atoms with Gasteiger partial charge in [-0.25, -0.2) is 0 Å². The van der Waals surface area contributed by atoms with Gasteiger partial charge >= 0.3 is 12.4 Å². The van der Waals surface area contributed by atoms with Crippen molar-refractivity contribution in [3.05, 3.63) is 57.1 Å². The van der Waals surface area contributed by atoms with E-state index in [9.17, 15) is 31.1 Å². The third-order valence-corrected chi connectivity index (χ3v) is 5.25. The molecular weight excluding hydrogens is 487 g/mol. The predicted octanol–water partition coefficient (Wildman–Crippen LogP) is 6.53. The average Bonchev–Trinajstić information content (AvgIpc) is 2.69. The molecule has 0 radical (unpaired) electrons. The van der Waals surface area contributed by atoms with E-state index in [4.69, 9.17) is 33.0 Å². The van der Waals surface area contributed by atoms with Gasteiger partial charge in [-0.3, -0.25) is 4.79 Å². The average molecular weight is 504 g/mol. The molecule has 32 heavy (non-hydrogen) atoms. The molecule has 0 spiro atoms. The minimum absolute atomic E-state index is 0.0560. The van der Waals surface area contributed by atoms with Crippen LogP contribution in [0.15, 0.2) is 30.3 Å². The predicted molar refractivity (Wildman–Crippen MR) is 107 cm³/mol. The fraction of sp³-hybridized carbons (Fsp3) is 0.350. The minimum Gasteiger partial charge on any atom is -0.496 e. The minimum atomic E-state index is -4.87. The first-order valence-electron chi connectivity index (χ1n) is 9.02. The molecular formula is C20H17Cl2F6NO3. The number of alkyl halides is 6. The van der Waals surface area contributed by atoms with Gasteiger partial charge in [-0.1, -0.05) is 29.3 Å². The quantitative estimate of drug-likeness (QED) is 0.422. The van der Waals surface area contributed by atoms with Crippen LogP contribution in [-0.2, 0) is 17.1 Å². The lowest BCUT2D eigenvalue weighted by Gasteiger charge is -2.21. The third kappa shape index (κ3) is 6.20. The van der Waals surface area contributed by atoms with Gasteiger partial charge in [0.1, 0.15) is 5.75 Å². The SMILES string of the molecule is COc1cc(C(CCCO)C(=O)Nc2cc(Cl)c(Cl)cc2C(F)(F)F)ccc1C(F)(F)F. The summed E-state index contributed by atoms with van der Waals surface area (Å²) in [5, 5.41) is 10.6. The summed E-state index contributed by atoms with van der Waals surface area (Å²) >= 11 is 11.5. The van der Waals surface area contributed by atoms with E-state index in [1.165, 1.54) is 0 Å². The number of hydrogen-bond acceptors (Lipinski definition) is 3. The summed E-state index contributed by atoms with van der Waals surface area (Å²) in [7, 11) is 1.02. The van der Waals surface area contributed by atoms with E-state index in [0.29, 0.717) is 12.1 Å². The molecule has 0 fully saturated rings. The number of hydrogen-bond donors (Lipinski definition) is 2. The maximum absolute atomic E-state index is 13.4. The first-order valence-corrected chi connectivity index (χ1v) is 9.78. The molecule has 2 N–H and O–H groups in total. The summed E-state index contributed by atoms with van der Waals surface area (Å²) in [6.07, 6.45) is -9.57. The van der Waals surface area contributed by atoms with Crippen LogP contribution < -0.4 is 10.1 Å². The first kappa shape index (κ1) is 26.1. The van der Waals surface area contributed by atoms with Gasteiger partial charge in [0.15, 0.2) is 0 Å². The fourth-order valence-corrected chi connectivity index (χ4v) is 3.34. The highest BCUT2D eigenvalue weighted by molar-refractivity contribution is 6.42. The van der Waals surface area contributed by atoms with E-state index in [2.05, 4.69) is 5.32 Å². The number of carbonyl (C=O) groups is 1. The van der Waals surface area contributed by atoms with Gasteiger partial charge in [0.05, 0.1) is 39.9 Å². The molecule has 0 aliphatic rings. The Balaban J connectivity index is 2.48. The molecule has 0 aromatic heterocycles. The Morgan fingerprint density at radius 1 is 1.03 bits per heavy atom. The van der Waals surface area contributed by atoms with Crippen LogP contribution in [0.1, 0.15) is 35.4 Å². The molecule has 0 aliphatic heterocycles. The molecule has 1 amide bonds. The lowest BCUT2D eigenvalue weighted by atomic mass is 9.92. The molecule has 0 aliphatic carbocycles. The Labute approximate surface area is 189 Å². The summed E-state index contributed by atoms with van der Waals surface area (Å²) in [5.74, 6) is -2.68. The first-order chi connectivity index (χ1) is 14.8. The summed E-state index contributed by atoms with van der Waals surface area (Å²) in [6.45, 7) is -0.345. The number of aliphatic hydroxyl groups excluding tert-OH is 1. The zero-order chi connectivity index (χ0) is 24.3. The topological polar surface area (TPSA) is 58.6 Å². The van der Waals surface area contributed by atoms with Gasteiger partial charge in [0.2, 0.25) is 5.91 Å². The van der Waals surface area contributed by atoms with Crippen molar-refractivity contribution in [3.63, 3.8) is 0 Å². The molecule has 2 rings (SSSR count). The third-order valence-electron chi connectivity index (χ3n) is 4.52. The van der Waals surface area contributed by atoms with Crippen LogP contribution in [0, 0.1) is 0 Å². The van der Waals surface area contributed by atoms with Gasteiger partial charge in [-0.05, 0) is 42.7 Å².